The normalized spacial score (nSPS) is 23.5. The van der Waals surface area contributed by atoms with Crippen molar-refractivity contribution in [3.05, 3.63) is 35.7 Å². The molecule has 33 heavy (non-hydrogen) atoms. The molecule has 2 heterocycles. The zero-order valence-corrected chi connectivity index (χ0v) is 19.4. The van der Waals surface area contributed by atoms with E-state index < -0.39 is 17.4 Å². The molecule has 0 amide bonds. The molecule has 0 unspecified atom stereocenters. The molecule has 8 nitrogen and oxygen atoms in total. The molecule has 4 rings (SSSR count). The van der Waals surface area contributed by atoms with Crippen LogP contribution in [0, 0.1) is 17.3 Å². The molecule has 178 valence electrons. The van der Waals surface area contributed by atoms with Gasteiger partial charge in [0.05, 0.1) is 0 Å². The summed E-state index contributed by atoms with van der Waals surface area (Å²) in [5.74, 6) is 0.727. The van der Waals surface area contributed by atoms with Gasteiger partial charge in [-0.1, -0.05) is 43.3 Å². The summed E-state index contributed by atoms with van der Waals surface area (Å²) in [4.78, 5) is 29.7. The number of carboxylic acid groups (broad SMARTS) is 2. The molecule has 0 bridgehead atoms. The summed E-state index contributed by atoms with van der Waals surface area (Å²) in [6.45, 7) is 6.11. The van der Waals surface area contributed by atoms with Crippen LogP contribution in [0.1, 0.15) is 69.7 Å². The zero-order valence-electron chi connectivity index (χ0n) is 19.4. The van der Waals surface area contributed by atoms with E-state index in [2.05, 4.69) is 28.9 Å². The molecular weight excluding hydrogens is 422 g/mol. The highest BCUT2D eigenvalue weighted by Gasteiger charge is 2.48. The predicted molar refractivity (Wildman–Crippen MR) is 121 cm³/mol. The highest BCUT2D eigenvalue weighted by Crippen LogP contribution is 2.38. The van der Waals surface area contributed by atoms with E-state index in [9.17, 15) is 19.8 Å². The van der Waals surface area contributed by atoms with Gasteiger partial charge in [0.1, 0.15) is 0 Å². The Balaban J connectivity index is 1.33. The monoisotopic (exact) mass is 455 g/mol. The minimum absolute atomic E-state index is 0.112. The highest BCUT2D eigenvalue weighted by atomic mass is 16.5. The average molecular weight is 456 g/mol. The maximum atomic E-state index is 11.5. The third-order valence-corrected chi connectivity index (χ3v) is 7.65. The molecule has 0 radical (unpaired) electrons. The highest BCUT2D eigenvalue weighted by molar-refractivity contribution is 5.98. The molecule has 2 N–H and O–H groups in total. The summed E-state index contributed by atoms with van der Waals surface area (Å²) in [7, 11) is 0. The molecule has 1 aliphatic carbocycles. The van der Waals surface area contributed by atoms with Gasteiger partial charge < -0.3 is 14.7 Å². The third-order valence-electron chi connectivity index (χ3n) is 7.65. The van der Waals surface area contributed by atoms with E-state index in [1.54, 1.807) is 0 Å². The van der Waals surface area contributed by atoms with Crippen molar-refractivity contribution in [1.29, 1.82) is 0 Å². The van der Waals surface area contributed by atoms with Crippen LogP contribution in [0.5, 0.6) is 0 Å². The molecule has 8 heteroatoms. The maximum Gasteiger partial charge on any atom is 0.321 e. The summed E-state index contributed by atoms with van der Waals surface area (Å²) in [5, 5.41) is 22.9. The summed E-state index contributed by atoms with van der Waals surface area (Å²) < 4.78 is 5.60. The molecule has 0 atom stereocenters. The lowest BCUT2D eigenvalue weighted by Gasteiger charge is -2.36. The number of aromatic nitrogens is 2. The van der Waals surface area contributed by atoms with Gasteiger partial charge in [0.25, 0.3) is 0 Å². The van der Waals surface area contributed by atoms with E-state index in [1.165, 1.54) is 12.8 Å². The second-order valence-electron chi connectivity index (χ2n) is 9.98. The number of hydrogen-bond acceptors (Lipinski definition) is 6. The van der Waals surface area contributed by atoms with Crippen molar-refractivity contribution < 1.29 is 24.3 Å². The maximum absolute atomic E-state index is 11.5. The van der Waals surface area contributed by atoms with Crippen LogP contribution in [0.3, 0.4) is 0 Å². The van der Waals surface area contributed by atoms with Gasteiger partial charge in [-0.2, -0.15) is 4.98 Å². The minimum Gasteiger partial charge on any atom is -0.480 e. The van der Waals surface area contributed by atoms with Crippen LogP contribution in [0.25, 0.3) is 11.4 Å². The van der Waals surface area contributed by atoms with Crippen LogP contribution in [0.2, 0.25) is 0 Å². The molecule has 2 fully saturated rings. The van der Waals surface area contributed by atoms with E-state index >= 15 is 0 Å². The van der Waals surface area contributed by atoms with Crippen molar-refractivity contribution in [2.24, 2.45) is 17.3 Å². The Labute approximate surface area is 194 Å². The molecule has 1 aliphatic heterocycles. The third kappa shape index (κ3) is 4.95. The summed E-state index contributed by atoms with van der Waals surface area (Å²) in [6.07, 6.45) is 4.85. The van der Waals surface area contributed by atoms with Crippen LogP contribution in [0.4, 0.5) is 0 Å². The van der Waals surface area contributed by atoms with E-state index in [4.69, 9.17) is 4.52 Å². The molecule has 1 saturated carbocycles. The fraction of sp³-hybridized carbons (Fsp3) is 0.600. The van der Waals surface area contributed by atoms with Crippen molar-refractivity contribution in [2.75, 3.05) is 13.1 Å². The fourth-order valence-electron chi connectivity index (χ4n) is 5.18. The van der Waals surface area contributed by atoms with Gasteiger partial charge >= 0.3 is 11.9 Å². The Hall–Kier alpha value is -2.74. The average Bonchev–Trinajstić information content (AvgIpc) is 3.30. The number of rotatable bonds is 7. The minimum atomic E-state index is -1.66. The van der Waals surface area contributed by atoms with Crippen molar-refractivity contribution in [3.8, 4) is 11.4 Å². The Bertz CT molecular complexity index is 952. The molecule has 1 aromatic carbocycles. The molecule has 1 saturated heterocycles. The van der Waals surface area contributed by atoms with Gasteiger partial charge in [-0.3, -0.25) is 14.5 Å². The molecule has 2 aromatic rings. The second kappa shape index (κ2) is 9.63. The number of hydrogen-bond donors (Lipinski definition) is 2. The predicted octanol–water partition coefficient (Wildman–Crippen LogP) is 4.42. The Kier molecular flexibility index (Phi) is 6.83. The number of carbonyl (C=O) groups is 2. The van der Waals surface area contributed by atoms with Crippen LogP contribution in [-0.2, 0) is 16.1 Å². The lowest BCUT2D eigenvalue weighted by Crippen LogP contribution is -2.48. The summed E-state index contributed by atoms with van der Waals surface area (Å²) in [5.41, 5.74) is 0.316. The smallest absolute Gasteiger partial charge is 0.321 e. The number of likely N-dealkylation sites (tertiary alicyclic amines) is 1. The van der Waals surface area contributed by atoms with Gasteiger partial charge in [0.2, 0.25) is 11.7 Å². The quantitative estimate of drug-likeness (QED) is 0.590. The van der Waals surface area contributed by atoms with Crippen molar-refractivity contribution in [3.63, 3.8) is 0 Å². The number of piperidine rings is 1. The zero-order chi connectivity index (χ0) is 23.6. The standard InChI is InChI=1S/C25H33N3O5/c1-16(2)18-7-9-20(10-8-18)22-26-21(27-33-22)19-5-3-17(4-6-19)15-28-13-11-25(12-14-28,23(29)30)24(31)32/h3-6,16,18,20H,7-15H2,1-2H3,(H,29,30)(H,31,32). The largest absolute Gasteiger partial charge is 0.480 e. The van der Waals surface area contributed by atoms with Gasteiger partial charge in [-0.25, -0.2) is 0 Å². The fourth-order valence-corrected chi connectivity index (χ4v) is 5.18. The molecule has 0 spiro atoms. The molecule has 1 aromatic heterocycles. The van der Waals surface area contributed by atoms with E-state index in [0.29, 0.717) is 31.4 Å². The van der Waals surface area contributed by atoms with Crippen molar-refractivity contribution in [1.82, 2.24) is 15.0 Å². The van der Waals surface area contributed by atoms with Gasteiger partial charge in [-0.05, 0) is 55.9 Å². The van der Waals surface area contributed by atoms with Crippen LogP contribution in [0.15, 0.2) is 28.8 Å². The Morgan fingerprint density at radius 3 is 2.21 bits per heavy atom. The number of nitrogens with zero attached hydrogens (tertiary/aromatic N) is 3. The van der Waals surface area contributed by atoms with Gasteiger partial charge in [0.15, 0.2) is 5.41 Å². The van der Waals surface area contributed by atoms with Crippen molar-refractivity contribution in [2.45, 2.75) is 64.8 Å². The lowest BCUT2D eigenvalue weighted by atomic mass is 9.77. The molecule has 2 aliphatic rings. The SMILES string of the molecule is CC(C)C1CCC(c2nc(-c3ccc(CN4CCC(C(=O)O)(C(=O)O)CC4)cc3)no2)CC1. The van der Waals surface area contributed by atoms with Crippen LogP contribution in [-0.4, -0.2) is 50.3 Å². The van der Waals surface area contributed by atoms with Crippen LogP contribution >= 0.6 is 0 Å². The Morgan fingerprint density at radius 1 is 1.06 bits per heavy atom. The van der Waals surface area contributed by atoms with Gasteiger partial charge in [-0.15, -0.1) is 0 Å². The van der Waals surface area contributed by atoms with E-state index in [-0.39, 0.29) is 12.8 Å². The van der Waals surface area contributed by atoms with Crippen molar-refractivity contribution >= 4 is 11.9 Å². The first-order chi connectivity index (χ1) is 15.8. The number of benzene rings is 1. The number of carboxylic acids is 2. The first-order valence-corrected chi connectivity index (χ1v) is 11.9. The second-order valence-corrected chi connectivity index (χ2v) is 9.98. The van der Waals surface area contributed by atoms with E-state index in [1.807, 2.05) is 24.3 Å². The van der Waals surface area contributed by atoms with Gasteiger partial charge in [0, 0.05) is 31.1 Å². The first kappa shape index (κ1) is 23.4. The van der Waals surface area contributed by atoms with Crippen LogP contribution < -0.4 is 0 Å². The summed E-state index contributed by atoms with van der Waals surface area (Å²) >= 11 is 0. The number of aliphatic carboxylic acids is 2. The lowest BCUT2D eigenvalue weighted by molar-refractivity contribution is -0.168. The molecular formula is C25H33N3O5. The first-order valence-electron chi connectivity index (χ1n) is 11.9. The summed E-state index contributed by atoms with van der Waals surface area (Å²) in [6, 6.07) is 7.97. The topological polar surface area (TPSA) is 117 Å². The Morgan fingerprint density at radius 2 is 1.67 bits per heavy atom. The van der Waals surface area contributed by atoms with E-state index in [0.717, 1.165) is 41.7 Å².